The summed E-state index contributed by atoms with van der Waals surface area (Å²) >= 11 is 5.89. The lowest BCUT2D eigenvalue weighted by molar-refractivity contribution is 0.572. The van der Waals surface area contributed by atoms with Crippen LogP contribution in [0.2, 0.25) is 5.02 Å². The lowest BCUT2D eigenvalue weighted by atomic mass is 10.1. The Bertz CT molecular complexity index is 504. The summed E-state index contributed by atoms with van der Waals surface area (Å²) in [4.78, 5) is 0. The third-order valence-electron chi connectivity index (χ3n) is 3.12. The van der Waals surface area contributed by atoms with Gasteiger partial charge in [0.15, 0.2) is 0 Å². The van der Waals surface area contributed by atoms with E-state index in [1.807, 2.05) is 23.0 Å². The van der Waals surface area contributed by atoms with Crippen molar-refractivity contribution in [1.82, 2.24) is 15.1 Å². The lowest BCUT2D eigenvalue weighted by Crippen LogP contribution is -2.17. The van der Waals surface area contributed by atoms with Gasteiger partial charge in [-0.15, -0.1) is 0 Å². The zero-order valence-corrected chi connectivity index (χ0v) is 12.2. The molecule has 0 aliphatic rings. The fourth-order valence-corrected chi connectivity index (χ4v) is 2.12. The molecule has 0 saturated heterocycles. The SMILES string of the molecule is CCCn1cc(CN[C@@H](C)c2ccc(Cl)cc2)cn1. The van der Waals surface area contributed by atoms with Crippen molar-refractivity contribution in [3.05, 3.63) is 52.8 Å². The number of rotatable bonds is 6. The van der Waals surface area contributed by atoms with Crippen LogP contribution >= 0.6 is 11.6 Å². The second-order valence-corrected chi connectivity index (χ2v) is 5.20. The summed E-state index contributed by atoms with van der Waals surface area (Å²) in [7, 11) is 0. The number of nitrogens with zero attached hydrogens (tertiary/aromatic N) is 2. The third-order valence-corrected chi connectivity index (χ3v) is 3.37. The number of hydrogen-bond acceptors (Lipinski definition) is 2. The molecule has 0 aliphatic heterocycles. The first-order valence-electron chi connectivity index (χ1n) is 6.69. The highest BCUT2D eigenvalue weighted by molar-refractivity contribution is 6.30. The summed E-state index contributed by atoms with van der Waals surface area (Å²) in [5.74, 6) is 0. The van der Waals surface area contributed by atoms with Crippen LogP contribution in [-0.2, 0) is 13.1 Å². The van der Waals surface area contributed by atoms with E-state index in [9.17, 15) is 0 Å². The summed E-state index contributed by atoms with van der Waals surface area (Å²) in [5, 5.41) is 8.60. The first-order valence-corrected chi connectivity index (χ1v) is 7.07. The Labute approximate surface area is 119 Å². The summed E-state index contributed by atoms with van der Waals surface area (Å²) in [6.45, 7) is 6.11. The molecule has 0 saturated carbocycles. The quantitative estimate of drug-likeness (QED) is 0.870. The minimum atomic E-state index is 0.298. The molecule has 1 N–H and O–H groups in total. The largest absolute Gasteiger partial charge is 0.306 e. The van der Waals surface area contributed by atoms with Crippen molar-refractivity contribution in [3.63, 3.8) is 0 Å². The van der Waals surface area contributed by atoms with Crippen LogP contribution in [0.4, 0.5) is 0 Å². The lowest BCUT2D eigenvalue weighted by Gasteiger charge is -2.13. The second kappa shape index (κ2) is 6.73. The normalized spacial score (nSPS) is 12.6. The molecule has 1 aromatic carbocycles. The van der Waals surface area contributed by atoms with E-state index in [1.165, 1.54) is 11.1 Å². The van der Waals surface area contributed by atoms with E-state index in [4.69, 9.17) is 11.6 Å². The molecule has 0 aliphatic carbocycles. The fraction of sp³-hybridized carbons (Fsp3) is 0.400. The van der Waals surface area contributed by atoms with E-state index in [2.05, 4.69) is 42.6 Å². The highest BCUT2D eigenvalue weighted by Crippen LogP contribution is 2.16. The van der Waals surface area contributed by atoms with Gasteiger partial charge in [-0.25, -0.2) is 0 Å². The second-order valence-electron chi connectivity index (χ2n) is 4.77. The van der Waals surface area contributed by atoms with Crippen molar-refractivity contribution >= 4 is 11.6 Å². The standard InChI is InChI=1S/C15H20ClN3/c1-3-8-19-11-13(10-18-19)9-17-12(2)14-4-6-15(16)7-5-14/h4-7,10-12,17H,3,8-9H2,1-2H3/t12-/m0/s1. The van der Waals surface area contributed by atoms with Gasteiger partial charge >= 0.3 is 0 Å². The van der Waals surface area contributed by atoms with Crippen LogP contribution in [0.3, 0.4) is 0 Å². The Balaban J connectivity index is 1.88. The minimum Gasteiger partial charge on any atom is -0.306 e. The molecule has 0 amide bonds. The van der Waals surface area contributed by atoms with E-state index in [0.29, 0.717) is 6.04 Å². The molecule has 1 heterocycles. The zero-order valence-electron chi connectivity index (χ0n) is 11.4. The van der Waals surface area contributed by atoms with E-state index in [1.54, 1.807) is 0 Å². The van der Waals surface area contributed by atoms with Crippen LogP contribution < -0.4 is 5.32 Å². The Morgan fingerprint density at radius 1 is 1.32 bits per heavy atom. The highest BCUT2D eigenvalue weighted by Gasteiger charge is 2.05. The molecule has 19 heavy (non-hydrogen) atoms. The molecule has 102 valence electrons. The van der Waals surface area contributed by atoms with Crippen molar-refractivity contribution in [2.45, 2.75) is 39.4 Å². The number of hydrogen-bond donors (Lipinski definition) is 1. The van der Waals surface area contributed by atoms with Gasteiger partial charge in [0.05, 0.1) is 6.20 Å². The predicted molar refractivity (Wildman–Crippen MR) is 79.2 cm³/mol. The van der Waals surface area contributed by atoms with Gasteiger partial charge in [0.2, 0.25) is 0 Å². The van der Waals surface area contributed by atoms with E-state index >= 15 is 0 Å². The van der Waals surface area contributed by atoms with Gasteiger partial charge < -0.3 is 5.32 Å². The van der Waals surface area contributed by atoms with Crippen LogP contribution in [-0.4, -0.2) is 9.78 Å². The topological polar surface area (TPSA) is 29.9 Å². The van der Waals surface area contributed by atoms with Crippen molar-refractivity contribution in [1.29, 1.82) is 0 Å². The molecule has 4 heteroatoms. The summed E-state index contributed by atoms with van der Waals surface area (Å²) in [6.07, 6.45) is 5.14. The van der Waals surface area contributed by atoms with Crippen LogP contribution in [0.25, 0.3) is 0 Å². The number of aromatic nitrogens is 2. The molecule has 3 nitrogen and oxygen atoms in total. The Morgan fingerprint density at radius 2 is 2.05 bits per heavy atom. The van der Waals surface area contributed by atoms with Crippen molar-refractivity contribution in [2.75, 3.05) is 0 Å². The van der Waals surface area contributed by atoms with Crippen LogP contribution in [0, 0.1) is 0 Å². The molecule has 0 fully saturated rings. The molecular formula is C15H20ClN3. The van der Waals surface area contributed by atoms with Gasteiger partial charge in [-0.05, 0) is 31.0 Å². The van der Waals surface area contributed by atoms with Gasteiger partial charge in [0.25, 0.3) is 0 Å². The average molecular weight is 278 g/mol. The maximum Gasteiger partial charge on any atom is 0.0534 e. The molecule has 1 atom stereocenters. The fourth-order valence-electron chi connectivity index (χ4n) is 1.99. The maximum atomic E-state index is 5.89. The third kappa shape index (κ3) is 4.08. The Morgan fingerprint density at radius 3 is 2.74 bits per heavy atom. The van der Waals surface area contributed by atoms with Crippen LogP contribution in [0.5, 0.6) is 0 Å². The molecule has 0 unspecified atom stereocenters. The molecular weight excluding hydrogens is 258 g/mol. The molecule has 2 aromatic rings. The highest BCUT2D eigenvalue weighted by atomic mass is 35.5. The number of halogens is 1. The maximum absolute atomic E-state index is 5.89. The summed E-state index contributed by atoms with van der Waals surface area (Å²) in [6, 6.07) is 8.26. The Hall–Kier alpha value is -1.32. The summed E-state index contributed by atoms with van der Waals surface area (Å²) in [5.41, 5.74) is 2.46. The van der Waals surface area contributed by atoms with Gasteiger partial charge in [0, 0.05) is 35.9 Å². The first-order chi connectivity index (χ1) is 9.19. The smallest absolute Gasteiger partial charge is 0.0534 e. The van der Waals surface area contributed by atoms with Crippen LogP contribution in [0.15, 0.2) is 36.7 Å². The van der Waals surface area contributed by atoms with Crippen molar-refractivity contribution in [2.24, 2.45) is 0 Å². The van der Waals surface area contributed by atoms with Gasteiger partial charge in [-0.1, -0.05) is 30.7 Å². The molecule has 0 bridgehead atoms. The van der Waals surface area contributed by atoms with Gasteiger partial charge in [-0.2, -0.15) is 5.10 Å². The molecule has 1 aromatic heterocycles. The van der Waals surface area contributed by atoms with E-state index in [0.717, 1.165) is 24.5 Å². The zero-order chi connectivity index (χ0) is 13.7. The van der Waals surface area contributed by atoms with E-state index in [-0.39, 0.29) is 0 Å². The predicted octanol–water partition coefficient (Wildman–Crippen LogP) is 3.80. The number of nitrogens with one attached hydrogen (secondary N) is 1. The number of aryl methyl sites for hydroxylation is 1. The monoisotopic (exact) mass is 277 g/mol. The van der Waals surface area contributed by atoms with Crippen molar-refractivity contribution < 1.29 is 0 Å². The Kier molecular flexibility index (Phi) is 5.00. The van der Waals surface area contributed by atoms with E-state index < -0.39 is 0 Å². The molecule has 0 radical (unpaired) electrons. The molecule has 0 spiro atoms. The summed E-state index contributed by atoms with van der Waals surface area (Å²) < 4.78 is 1.99. The average Bonchev–Trinajstić information content (AvgIpc) is 2.85. The first kappa shape index (κ1) is 14.1. The van der Waals surface area contributed by atoms with Crippen molar-refractivity contribution in [3.8, 4) is 0 Å². The number of benzene rings is 1. The minimum absolute atomic E-state index is 0.298. The van der Waals surface area contributed by atoms with Gasteiger partial charge in [-0.3, -0.25) is 4.68 Å². The van der Waals surface area contributed by atoms with Gasteiger partial charge in [0.1, 0.15) is 0 Å². The molecule has 2 rings (SSSR count). The van der Waals surface area contributed by atoms with Crippen LogP contribution in [0.1, 0.15) is 37.4 Å².